The molecule has 5 nitrogen and oxygen atoms in total. The maximum Gasteiger partial charge on any atom is 0.379 e. The molecule has 0 spiro atoms. The van der Waals surface area contributed by atoms with Crippen LogP contribution in [0.5, 0.6) is 5.75 Å². The Balaban J connectivity index is 2.54. The van der Waals surface area contributed by atoms with Crippen LogP contribution in [0.4, 0.5) is 0 Å². The van der Waals surface area contributed by atoms with Gasteiger partial charge in [0, 0.05) is 11.5 Å². The second kappa shape index (κ2) is 4.85. The lowest BCUT2D eigenvalue weighted by molar-refractivity contribution is -0.129. The van der Waals surface area contributed by atoms with Gasteiger partial charge in [0.2, 0.25) is 5.75 Å². The summed E-state index contributed by atoms with van der Waals surface area (Å²) in [6.45, 7) is 3.11. The van der Waals surface area contributed by atoms with Gasteiger partial charge in [-0.1, -0.05) is 12.6 Å². The zero-order valence-corrected chi connectivity index (χ0v) is 9.38. The Morgan fingerprint density at radius 1 is 1.44 bits per heavy atom. The third-order valence-electron chi connectivity index (χ3n) is 2.32. The van der Waals surface area contributed by atoms with Crippen LogP contribution >= 0.6 is 0 Å². The molecule has 0 saturated heterocycles. The molecular formula is C13H10O5. The maximum atomic E-state index is 11.5. The third kappa shape index (κ3) is 2.31. The lowest BCUT2D eigenvalue weighted by Gasteiger charge is -2.03. The van der Waals surface area contributed by atoms with Crippen molar-refractivity contribution in [1.82, 2.24) is 0 Å². The maximum absolute atomic E-state index is 11.5. The summed E-state index contributed by atoms with van der Waals surface area (Å²) in [5.41, 5.74) is 0.280. The molecule has 0 saturated carbocycles. The summed E-state index contributed by atoms with van der Waals surface area (Å²) < 4.78 is 9.74. The monoisotopic (exact) mass is 246 g/mol. The van der Waals surface area contributed by atoms with Crippen LogP contribution in [0.15, 0.2) is 46.1 Å². The molecule has 1 aromatic heterocycles. The summed E-state index contributed by atoms with van der Waals surface area (Å²) in [6, 6.07) is 6.24. The van der Waals surface area contributed by atoms with Gasteiger partial charge in [0.15, 0.2) is 0 Å². The van der Waals surface area contributed by atoms with Crippen LogP contribution in [0.1, 0.15) is 5.56 Å². The Morgan fingerprint density at radius 3 is 2.89 bits per heavy atom. The summed E-state index contributed by atoms with van der Waals surface area (Å²) in [7, 11) is 0. The first kappa shape index (κ1) is 12.1. The molecule has 1 heterocycles. The van der Waals surface area contributed by atoms with Gasteiger partial charge in [-0.3, -0.25) is 0 Å². The zero-order valence-electron chi connectivity index (χ0n) is 9.38. The van der Waals surface area contributed by atoms with E-state index in [1.807, 2.05) is 0 Å². The minimum absolute atomic E-state index is 0.128. The fourth-order valence-corrected chi connectivity index (χ4v) is 1.47. The van der Waals surface area contributed by atoms with Crippen molar-refractivity contribution in [2.24, 2.45) is 0 Å². The van der Waals surface area contributed by atoms with E-state index in [4.69, 9.17) is 14.3 Å². The van der Waals surface area contributed by atoms with E-state index in [9.17, 15) is 9.59 Å². The van der Waals surface area contributed by atoms with Crippen molar-refractivity contribution in [1.29, 1.82) is 0 Å². The number of carbonyl (C=O) groups excluding carboxylic acids is 1. The molecule has 2 rings (SSSR count). The molecule has 0 aliphatic carbocycles. The van der Waals surface area contributed by atoms with E-state index >= 15 is 0 Å². The first-order chi connectivity index (χ1) is 8.63. The van der Waals surface area contributed by atoms with Crippen molar-refractivity contribution in [3.63, 3.8) is 0 Å². The van der Waals surface area contributed by atoms with Crippen LogP contribution in [0.25, 0.3) is 11.0 Å². The zero-order chi connectivity index (χ0) is 13.1. The minimum Gasteiger partial charge on any atom is -0.420 e. The van der Waals surface area contributed by atoms with Gasteiger partial charge in [-0.05, 0) is 23.8 Å². The standard InChI is InChI=1S/C13H10O5/c1-2-12(15)17-11-6-9-5-8(7-14)3-4-10(9)18-13(11)16/h2-6,14H,1,7H2. The van der Waals surface area contributed by atoms with Crippen molar-refractivity contribution >= 4 is 16.9 Å². The van der Waals surface area contributed by atoms with Gasteiger partial charge in [-0.25, -0.2) is 9.59 Å². The summed E-state index contributed by atoms with van der Waals surface area (Å²) >= 11 is 0. The highest BCUT2D eigenvalue weighted by atomic mass is 16.5. The number of carbonyl (C=O) groups is 1. The Hall–Kier alpha value is -2.40. The lowest BCUT2D eigenvalue weighted by atomic mass is 10.1. The molecule has 1 aromatic carbocycles. The molecule has 0 amide bonds. The van der Waals surface area contributed by atoms with Gasteiger partial charge in [0.1, 0.15) is 5.58 Å². The molecule has 18 heavy (non-hydrogen) atoms. The van der Waals surface area contributed by atoms with E-state index in [0.717, 1.165) is 6.08 Å². The quantitative estimate of drug-likeness (QED) is 0.503. The second-order valence-corrected chi connectivity index (χ2v) is 3.55. The van der Waals surface area contributed by atoms with Crippen LogP contribution < -0.4 is 10.4 Å². The third-order valence-corrected chi connectivity index (χ3v) is 2.32. The highest BCUT2D eigenvalue weighted by Gasteiger charge is 2.09. The molecule has 0 radical (unpaired) electrons. The van der Waals surface area contributed by atoms with Gasteiger partial charge < -0.3 is 14.3 Å². The molecule has 0 unspecified atom stereocenters. The van der Waals surface area contributed by atoms with E-state index < -0.39 is 11.6 Å². The van der Waals surface area contributed by atoms with Gasteiger partial charge in [-0.2, -0.15) is 0 Å². The number of ether oxygens (including phenoxy) is 1. The highest BCUT2D eigenvalue weighted by Crippen LogP contribution is 2.19. The number of hydrogen-bond acceptors (Lipinski definition) is 5. The summed E-state index contributed by atoms with van der Waals surface area (Å²) in [5.74, 6) is -0.942. The predicted molar refractivity (Wildman–Crippen MR) is 64.2 cm³/mol. The molecule has 5 heteroatoms. The van der Waals surface area contributed by atoms with Crippen LogP contribution in [0, 0.1) is 0 Å². The number of hydrogen-bond donors (Lipinski definition) is 1. The summed E-state index contributed by atoms with van der Waals surface area (Å²) in [6.07, 6.45) is 0.952. The van der Waals surface area contributed by atoms with Crippen molar-refractivity contribution < 1.29 is 19.1 Å². The second-order valence-electron chi connectivity index (χ2n) is 3.55. The normalized spacial score (nSPS) is 10.3. The molecular weight excluding hydrogens is 236 g/mol. The van der Waals surface area contributed by atoms with Gasteiger partial charge in [-0.15, -0.1) is 0 Å². The Morgan fingerprint density at radius 2 is 2.22 bits per heavy atom. The van der Waals surface area contributed by atoms with Crippen LogP contribution in [0.3, 0.4) is 0 Å². The van der Waals surface area contributed by atoms with Crippen LogP contribution in [0.2, 0.25) is 0 Å². The molecule has 92 valence electrons. The smallest absolute Gasteiger partial charge is 0.379 e. The van der Waals surface area contributed by atoms with E-state index in [2.05, 4.69) is 6.58 Å². The fraction of sp³-hybridized carbons (Fsp3) is 0.0769. The first-order valence-electron chi connectivity index (χ1n) is 5.16. The van der Waals surface area contributed by atoms with Crippen molar-refractivity contribution in [3.8, 4) is 5.75 Å². The number of rotatable bonds is 3. The number of esters is 1. The van der Waals surface area contributed by atoms with Crippen molar-refractivity contribution in [2.45, 2.75) is 6.61 Å². The Bertz CT molecular complexity index is 669. The van der Waals surface area contributed by atoms with E-state index in [1.165, 1.54) is 6.07 Å². The Kier molecular flexibility index (Phi) is 3.25. The fourth-order valence-electron chi connectivity index (χ4n) is 1.47. The van der Waals surface area contributed by atoms with Crippen molar-refractivity contribution in [2.75, 3.05) is 0 Å². The van der Waals surface area contributed by atoms with Gasteiger partial charge in [0.25, 0.3) is 0 Å². The van der Waals surface area contributed by atoms with Gasteiger partial charge >= 0.3 is 11.6 Å². The molecule has 1 N–H and O–H groups in total. The number of aliphatic hydroxyl groups excluding tert-OH is 1. The molecule has 0 aliphatic heterocycles. The highest BCUT2D eigenvalue weighted by molar-refractivity contribution is 5.84. The van der Waals surface area contributed by atoms with Gasteiger partial charge in [0.05, 0.1) is 6.61 Å². The average molecular weight is 246 g/mol. The molecule has 0 fully saturated rings. The first-order valence-corrected chi connectivity index (χ1v) is 5.16. The topological polar surface area (TPSA) is 76.7 Å². The van der Waals surface area contributed by atoms with Crippen LogP contribution in [-0.2, 0) is 11.4 Å². The predicted octanol–water partition coefficient (Wildman–Crippen LogP) is 1.38. The SMILES string of the molecule is C=CC(=O)Oc1cc2cc(CO)ccc2oc1=O. The number of benzene rings is 1. The van der Waals surface area contributed by atoms with E-state index in [0.29, 0.717) is 16.5 Å². The Labute approximate surface area is 102 Å². The number of fused-ring (bicyclic) bond motifs is 1. The largest absolute Gasteiger partial charge is 0.420 e. The molecule has 0 atom stereocenters. The summed E-state index contributed by atoms with van der Waals surface area (Å²) in [4.78, 5) is 22.5. The molecule has 2 aromatic rings. The van der Waals surface area contributed by atoms with E-state index in [1.54, 1.807) is 18.2 Å². The number of aliphatic hydroxyl groups is 1. The molecule has 0 aliphatic rings. The summed E-state index contributed by atoms with van der Waals surface area (Å²) in [5, 5.41) is 9.58. The van der Waals surface area contributed by atoms with Crippen LogP contribution in [-0.4, -0.2) is 11.1 Å². The molecule has 0 bridgehead atoms. The van der Waals surface area contributed by atoms with E-state index in [-0.39, 0.29) is 12.4 Å². The average Bonchev–Trinajstić information content (AvgIpc) is 2.39. The van der Waals surface area contributed by atoms with Crippen molar-refractivity contribution in [3.05, 3.63) is 52.9 Å². The lowest BCUT2D eigenvalue weighted by Crippen LogP contribution is -2.11. The minimum atomic E-state index is -0.741.